The molecule has 0 spiro atoms. The fourth-order valence-electron chi connectivity index (χ4n) is 2.47. The van der Waals surface area contributed by atoms with Gasteiger partial charge in [-0.05, 0) is 19.9 Å². The monoisotopic (exact) mass is 432 g/mol. The summed E-state index contributed by atoms with van der Waals surface area (Å²) in [4.78, 5) is 23.6. The zero-order chi connectivity index (χ0) is 22.0. The Morgan fingerprint density at radius 3 is 2.41 bits per heavy atom. The molecule has 2 aromatic carbocycles. The minimum absolute atomic E-state index is 0.0741. The number of carbonyl (C=O) groups excluding carboxylic acids is 1. The van der Waals surface area contributed by atoms with E-state index in [1.54, 1.807) is 0 Å². The van der Waals surface area contributed by atoms with Crippen LogP contribution in [0, 0.1) is 34.5 Å². The first-order chi connectivity index (χ1) is 13.5. The summed E-state index contributed by atoms with van der Waals surface area (Å²) in [5.74, 6) is -5.94. The lowest BCUT2D eigenvalue weighted by Gasteiger charge is -2.25. The van der Waals surface area contributed by atoms with Crippen molar-refractivity contribution in [2.24, 2.45) is 0 Å². The maximum atomic E-state index is 14.2. The molecule has 1 atom stereocenters. The second-order valence-corrected chi connectivity index (χ2v) is 6.41. The lowest BCUT2D eigenvalue weighted by molar-refractivity contribution is -0.384. The number of esters is 1. The molecule has 0 aliphatic carbocycles. The van der Waals surface area contributed by atoms with Gasteiger partial charge in [-0.1, -0.05) is 11.6 Å². The number of anilines is 1. The summed E-state index contributed by atoms with van der Waals surface area (Å²) in [7, 11) is 2.55. The summed E-state index contributed by atoms with van der Waals surface area (Å²) in [6.07, 6.45) is 0. The first-order valence-corrected chi connectivity index (χ1v) is 8.48. The molecule has 156 valence electrons. The SMILES string of the molecule is COC(=O)C(C)N(C)c1cc(Oc2c(F)c(F)c(C)c(F)c2Cl)ccc1[N+](=O)[O-]. The Hall–Kier alpha value is -3.01. The van der Waals surface area contributed by atoms with E-state index in [0.29, 0.717) is 0 Å². The third-order valence-electron chi connectivity index (χ3n) is 4.31. The van der Waals surface area contributed by atoms with Gasteiger partial charge in [0.1, 0.15) is 22.5 Å². The molecule has 1 unspecified atom stereocenters. The Morgan fingerprint density at radius 2 is 1.86 bits per heavy atom. The number of ether oxygens (including phenoxy) is 2. The molecule has 7 nitrogen and oxygen atoms in total. The Labute approximate surface area is 168 Å². The molecular formula is C18H16ClF3N2O5. The van der Waals surface area contributed by atoms with E-state index in [0.717, 1.165) is 32.2 Å². The van der Waals surface area contributed by atoms with Crippen molar-refractivity contribution in [1.29, 1.82) is 0 Å². The Bertz CT molecular complexity index is 957. The smallest absolute Gasteiger partial charge is 0.328 e. The molecule has 0 saturated heterocycles. The number of hydrogen-bond acceptors (Lipinski definition) is 6. The summed E-state index contributed by atoms with van der Waals surface area (Å²) in [6.45, 7) is 2.46. The molecule has 0 N–H and O–H groups in total. The van der Waals surface area contributed by atoms with Crippen molar-refractivity contribution in [1.82, 2.24) is 0 Å². The van der Waals surface area contributed by atoms with Crippen molar-refractivity contribution in [3.63, 3.8) is 0 Å². The van der Waals surface area contributed by atoms with Crippen LogP contribution in [-0.2, 0) is 9.53 Å². The van der Waals surface area contributed by atoms with Gasteiger partial charge in [-0.25, -0.2) is 13.6 Å². The number of carbonyl (C=O) groups is 1. The number of rotatable bonds is 6. The summed E-state index contributed by atoms with van der Waals surface area (Å²) in [5, 5.41) is 10.6. The zero-order valence-electron chi connectivity index (χ0n) is 15.8. The van der Waals surface area contributed by atoms with E-state index in [1.165, 1.54) is 18.9 Å². The standard InChI is InChI=1S/C18H16ClF3N2O5/c1-8-14(20)13(19)17(16(22)15(8)21)29-10-5-6-11(24(26)27)12(7-10)23(3)9(2)18(25)28-4/h5-7,9H,1-4H3. The van der Waals surface area contributed by atoms with Gasteiger partial charge in [0.15, 0.2) is 17.4 Å². The van der Waals surface area contributed by atoms with Crippen LogP contribution in [0.15, 0.2) is 18.2 Å². The van der Waals surface area contributed by atoms with Crippen LogP contribution in [0.2, 0.25) is 5.02 Å². The molecule has 0 fully saturated rings. The van der Waals surface area contributed by atoms with Crippen molar-refractivity contribution in [2.75, 3.05) is 19.1 Å². The maximum Gasteiger partial charge on any atom is 0.328 e. The van der Waals surface area contributed by atoms with Gasteiger partial charge in [0, 0.05) is 24.7 Å². The molecule has 0 aliphatic rings. The number of nitro benzene ring substituents is 1. The molecule has 0 aliphatic heterocycles. The maximum absolute atomic E-state index is 14.2. The molecule has 2 rings (SSSR count). The van der Waals surface area contributed by atoms with Gasteiger partial charge in [-0.2, -0.15) is 4.39 Å². The van der Waals surface area contributed by atoms with Gasteiger partial charge < -0.3 is 14.4 Å². The van der Waals surface area contributed by atoms with Crippen molar-refractivity contribution in [3.05, 3.63) is 56.4 Å². The number of nitrogens with zero attached hydrogens (tertiary/aromatic N) is 2. The predicted molar refractivity (Wildman–Crippen MR) is 99.1 cm³/mol. The lowest BCUT2D eigenvalue weighted by atomic mass is 10.2. The molecular weight excluding hydrogens is 417 g/mol. The molecule has 0 amide bonds. The van der Waals surface area contributed by atoms with E-state index < -0.39 is 50.7 Å². The predicted octanol–water partition coefficient (Wildman–Crippen LogP) is 4.76. The first kappa shape index (κ1) is 22.3. The quantitative estimate of drug-likeness (QED) is 0.283. The molecule has 2 aromatic rings. The fraction of sp³-hybridized carbons (Fsp3) is 0.278. The van der Waals surface area contributed by atoms with E-state index in [1.807, 2.05) is 0 Å². The Kier molecular flexibility index (Phi) is 6.58. The fourth-order valence-corrected chi connectivity index (χ4v) is 2.73. The number of nitro groups is 1. The van der Waals surface area contributed by atoms with Crippen molar-refractivity contribution in [2.45, 2.75) is 19.9 Å². The van der Waals surface area contributed by atoms with Crippen LogP contribution in [0.25, 0.3) is 0 Å². The van der Waals surface area contributed by atoms with E-state index in [2.05, 4.69) is 4.74 Å². The van der Waals surface area contributed by atoms with Crippen molar-refractivity contribution >= 4 is 28.9 Å². The molecule has 0 bridgehead atoms. The number of benzene rings is 2. The minimum Gasteiger partial charge on any atom is -0.467 e. The summed E-state index contributed by atoms with van der Waals surface area (Å²) < 4.78 is 51.8. The summed E-state index contributed by atoms with van der Waals surface area (Å²) in [6, 6.07) is 2.34. The highest BCUT2D eigenvalue weighted by Gasteiger charge is 2.27. The van der Waals surface area contributed by atoms with Gasteiger partial charge in [0.05, 0.1) is 12.0 Å². The van der Waals surface area contributed by atoms with Gasteiger partial charge in [0.25, 0.3) is 5.69 Å². The van der Waals surface area contributed by atoms with Crippen molar-refractivity contribution in [3.8, 4) is 11.5 Å². The molecule has 0 heterocycles. The van der Waals surface area contributed by atoms with Crippen LogP contribution >= 0.6 is 11.6 Å². The largest absolute Gasteiger partial charge is 0.467 e. The van der Waals surface area contributed by atoms with Crippen LogP contribution in [0.3, 0.4) is 0 Å². The normalized spacial score (nSPS) is 11.7. The molecule has 11 heteroatoms. The van der Waals surface area contributed by atoms with E-state index in [4.69, 9.17) is 16.3 Å². The highest BCUT2D eigenvalue weighted by molar-refractivity contribution is 6.32. The van der Waals surface area contributed by atoms with Crippen LogP contribution in [-0.4, -0.2) is 31.1 Å². The third-order valence-corrected chi connectivity index (χ3v) is 4.65. The topological polar surface area (TPSA) is 81.9 Å². The van der Waals surface area contributed by atoms with Gasteiger partial charge in [0.2, 0.25) is 5.82 Å². The number of likely N-dealkylation sites (N-methyl/N-ethyl adjacent to an activating group) is 1. The average molecular weight is 433 g/mol. The second-order valence-electron chi connectivity index (χ2n) is 6.03. The summed E-state index contributed by atoms with van der Waals surface area (Å²) >= 11 is 5.73. The van der Waals surface area contributed by atoms with Gasteiger partial charge >= 0.3 is 5.97 Å². The van der Waals surface area contributed by atoms with Gasteiger partial charge in [-0.15, -0.1) is 0 Å². The van der Waals surface area contributed by atoms with Crippen LogP contribution in [0.4, 0.5) is 24.5 Å². The van der Waals surface area contributed by atoms with E-state index in [9.17, 15) is 28.1 Å². The molecule has 0 aromatic heterocycles. The average Bonchev–Trinajstić information content (AvgIpc) is 2.71. The Balaban J connectivity index is 2.55. The number of halogens is 4. The van der Waals surface area contributed by atoms with Crippen LogP contribution in [0.5, 0.6) is 11.5 Å². The second kappa shape index (κ2) is 8.56. The molecule has 29 heavy (non-hydrogen) atoms. The third kappa shape index (κ3) is 4.21. The summed E-state index contributed by atoms with van der Waals surface area (Å²) in [5.41, 5.74) is -1.07. The molecule has 0 saturated carbocycles. The van der Waals surface area contributed by atoms with Crippen LogP contribution < -0.4 is 9.64 Å². The van der Waals surface area contributed by atoms with E-state index in [-0.39, 0.29) is 17.1 Å². The van der Waals surface area contributed by atoms with Gasteiger partial charge in [-0.3, -0.25) is 10.1 Å². The van der Waals surface area contributed by atoms with E-state index >= 15 is 0 Å². The highest BCUT2D eigenvalue weighted by Crippen LogP contribution is 2.40. The van der Waals surface area contributed by atoms with Crippen molar-refractivity contribution < 1.29 is 32.4 Å². The number of methoxy groups -OCH3 is 1. The minimum atomic E-state index is -1.51. The molecule has 0 radical (unpaired) electrons. The lowest BCUT2D eigenvalue weighted by Crippen LogP contribution is -2.37. The first-order valence-electron chi connectivity index (χ1n) is 8.10. The Morgan fingerprint density at radius 1 is 1.24 bits per heavy atom. The zero-order valence-corrected chi connectivity index (χ0v) is 16.5. The highest BCUT2D eigenvalue weighted by atomic mass is 35.5. The van der Waals surface area contributed by atoms with Crippen LogP contribution in [0.1, 0.15) is 12.5 Å². The number of hydrogen-bond donors (Lipinski definition) is 0.